The highest BCUT2D eigenvalue weighted by atomic mass is 19.4. The van der Waals surface area contributed by atoms with Gasteiger partial charge in [0.1, 0.15) is 12.4 Å². The Hall–Kier alpha value is -1.30. The van der Waals surface area contributed by atoms with Crippen molar-refractivity contribution in [2.75, 3.05) is 18.0 Å². The second-order valence-corrected chi connectivity index (χ2v) is 4.87. The van der Waals surface area contributed by atoms with Gasteiger partial charge in [-0.15, -0.1) is 0 Å². The topological polar surface area (TPSA) is 23.5 Å². The molecule has 1 rings (SSSR count). The molecule has 1 N–H and O–H groups in total. The number of aliphatic hydroxyl groups excluding tert-OH is 1. The van der Waals surface area contributed by atoms with Gasteiger partial charge in [0, 0.05) is 17.8 Å². The molecule has 0 aliphatic carbocycles. The molecule has 1 aromatic carbocycles. The Balaban J connectivity index is 3.27. The number of aliphatic hydroxyl groups is 1. The largest absolute Gasteiger partial charge is 0.405 e. The second kappa shape index (κ2) is 6.43. The number of aryl methyl sites for hydroxylation is 1. The van der Waals surface area contributed by atoms with Gasteiger partial charge in [0.25, 0.3) is 0 Å². The lowest BCUT2D eigenvalue weighted by molar-refractivity contribution is -0.119. The summed E-state index contributed by atoms with van der Waals surface area (Å²) in [6.07, 6.45) is -4.87. The summed E-state index contributed by atoms with van der Waals surface area (Å²) in [5, 5.41) is 9.66. The summed E-state index contributed by atoms with van der Waals surface area (Å²) in [5.41, 5.74) is 0.663. The number of benzene rings is 1. The molecule has 0 fully saturated rings. The molecule has 2 nitrogen and oxygen atoms in total. The standard InChI is InChI=1S/C14H19F4NO/c1-4-5-19(8-14(16,17)18)13-6-9(2)12(15)7-11(13)10(3)20/h6-7,10,20H,4-5,8H2,1-3H3. The summed E-state index contributed by atoms with van der Waals surface area (Å²) in [5.74, 6) is -0.534. The molecule has 0 aliphatic heterocycles. The molecule has 0 bridgehead atoms. The average Bonchev–Trinajstić information content (AvgIpc) is 2.29. The molecule has 0 spiro atoms. The number of hydrogen-bond donors (Lipinski definition) is 1. The third-order valence-corrected chi connectivity index (χ3v) is 2.96. The van der Waals surface area contributed by atoms with Gasteiger partial charge in [0.2, 0.25) is 0 Å². The monoisotopic (exact) mass is 293 g/mol. The summed E-state index contributed by atoms with van der Waals surface area (Å²) >= 11 is 0. The predicted molar refractivity (Wildman–Crippen MR) is 70.3 cm³/mol. The average molecular weight is 293 g/mol. The Morgan fingerprint density at radius 1 is 1.30 bits per heavy atom. The molecule has 6 heteroatoms. The smallest absolute Gasteiger partial charge is 0.389 e. The Morgan fingerprint density at radius 3 is 2.35 bits per heavy atom. The molecule has 20 heavy (non-hydrogen) atoms. The van der Waals surface area contributed by atoms with E-state index in [9.17, 15) is 22.7 Å². The first-order valence-electron chi connectivity index (χ1n) is 6.45. The SMILES string of the molecule is CCCN(CC(F)(F)F)c1cc(C)c(F)cc1C(C)O. The predicted octanol–water partition coefficient (Wildman–Crippen LogP) is 3.97. The van der Waals surface area contributed by atoms with E-state index in [-0.39, 0.29) is 23.4 Å². The molecule has 0 amide bonds. The van der Waals surface area contributed by atoms with E-state index < -0.39 is 24.6 Å². The molecule has 0 aliphatic rings. The van der Waals surface area contributed by atoms with Crippen LogP contribution in [0.1, 0.15) is 37.5 Å². The number of hydrogen-bond acceptors (Lipinski definition) is 2. The molecule has 0 radical (unpaired) electrons. The molecular weight excluding hydrogens is 274 g/mol. The molecule has 0 saturated carbocycles. The van der Waals surface area contributed by atoms with E-state index in [0.717, 1.165) is 11.0 Å². The van der Waals surface area contributed by atoms with Crippen molar-refractivity contribution in [1.29, 1.82) is 0 Å². The van der Waals surface area contributed by atoms with Crippen LogP contribution in [0.4, 0.5) is 23.2 Å². The van der Waals surface area contributed by atoms with Crippen LogP contribution >= 0.6 is 0 Å². The van der Waals surface area contributed by atoms with Gasteiger partial charge in [0.15, 0.2) is 0 Å². The number of alkyl halides is 3. The van der Waals surface area contributed by atoms with E-state index in [1.54, 1.807) is 6.92 Å². The zero-order valence-corrected chi connectivity index (χ0v) is 11.8. The van der Waals surface area contributed by atoms with Crippen molar-refractivity contribution in [2.45, 2.75) is 39.5 Å². The lowest BCUT2D eigenvalue weighted by Gasteiger charge is -2.29. The zero-order valence-electron chi connectivity index (χ0n) is 11.8. The van der Waals surface area contributed by atoms with E-state index >= 15 is 0 Å². The maximum atomic E-state index is 13.6. The molecule has 0 aromatic heterocycles. The molecule has 1 unspecified atom stereocenters. The van der Waals surface area contributed by atoms with Gasteiger partial charge in [-0.2, -0.15) is 13.2 Å². The molecule has 0 saturated heterocycles. The van der Waals surface area contributed by atoms with Crippen LogP contribution < -0.4 is 4.90 Å². The van der Waals surface area contributed by atoms with Crippen molar-refractivity contribution in [3.8, 4) is 0 Å². The highest BCUT2D eigenvalue weighted by molar-refractivity contribution is 5.57. The lowest BCUT2D eigenvalue weighted by atomic mass is 10.0. The van der Waals surface area contributed by atoms with Gasteiger partial charge in [-0.1, -0.05) is 6.92 Å². The summed E-state index contributed by atoms with van der Waals surface area (Å²) in [6.45, 7) is 3.73. The third kappa shape index (κ3) is 4.37. The first kappa shape index (κ1) is 16.8. The van der Waals surface area contributed by atoms with Crippen LogP contribution in [-0.4, -0.2) is 24.4 Å². The van der Waals surface area contributed by atoms with Crippen molar-refractivity contribution >= 4 is 5.69 Å². The zero-order chi connectivity index (χ0) is 15.5. The lowest BCUT2D eigenvalue weighted by Crippen LogP contribution is -2.35. The van der Waals surface area contributed by atoms with Gasteiger partial charge < -0.3 is 10.0 Å². The minimum Gasteiger partial charge on any atom is -0.389 e. The highest BCUT2D eigenvalue weighted by Crippen LogP contribution is 2.31. The molecule has 1 aromatic rings. The Morgan fingerprint density at radius 2 is 1.90 bits per heavy atom. The molecule has 0 heterocycles. The van der Waals surface area contributed by atoms with E-state index in [0.29, 0.717) is 6.42 Å². The van der Waals surface area contributed by atoms with Crippen LogP contribution in [0.2, 0.25) is 0 Å². The minimum absolute atomic E-state index is 0.172. The van der Waals surface area contributed by atoms with Crippen LogP contribution in [0.15, 0.2) is 12.1 Å². The number of halogens is 4. The van der Waals surface area contributed by atoms with Crippen molar-refractivity contribution in [3.05, 3.63) is 29.1 Å². The summed E-state index contributed by atoms with van der Waals surface area (Å²) in [7, 11) is 0. The van der Waals surface area contributed by atoms with Crippen molar-refractivity contribution in [2.24, 2.45) is 0 Å². The number of rotatable bonds is 5. The third-order valence-electron chi connectivity index (χ3n) is 2.96. The van der Waals surface area contributed by atoms with Crippen LogP contribution in [0.25, 0.3) is 0 Å². The van der Waals surface area contributed by atoms with Gasteiger partial charge in [-0.25, -0.2) is 4.39 Å². The van der Waals surface area contributed by atoms with Crippen molar-refractivity contribution in [1.82, 2.24) is 0 Å². The maximum Gasteiger partial charge on any atom is 0.405 e. The quantitative estimate of drug-likeness (QED) is 0.830. The Kier molecular flexibility index (Phi) is 5.39. The number of anilines is 1. The first-order valence-corrected chi connectivity index (χ1v) is 6.45. The van der Waals surface area contributed by atoms with Gasteiger partial charge >= 0.3 is 6.18 Å². The molecule has 1 atom stereocenters. The molecular formula is C14H19F4NO. The minimum atomic E-state index is -4.35. The van der Waals surface area contributed by atoms with E-state index in [1.165, 1.54) is 19.9 Å². The fourth-order valence-electron chi connectivity index (χ4n) is 2.06. The van der Waals surface area contributed by atoms with Gasteiger partial charge in [-0.3, -0.25) is 0 Å². The van der Waals surface area contributed by atoms with E-state index in [2.05, 4.69) is 0 Å². The van der Waals surface area contributed by atoms with Crippen LogP contribution in [-0.2, 0) is 0 Å². The normalized spacial score (nSPS) is 13.4. The van der Waals surface area contributed by atoms with Crippen LogP contribution in [0.3, 0.4) is 0 Å². The summed E-state index contributed by atoms with van der Waals surface area (Å²) < 4.78 is 51.5. The fourth-order valence-corrected chi connectivity index (χ4v) is 2.06. The Labute approximate surface area is 116 Å². The van der Waals surface area contributed by atoms with E-state index in [4.69, 9.17) is 0 Å². The molecule has 114 valence electrons. The van der Waals surface area contributed by atoms with Crippen LogP contribution in [0.5, 0.6) is 0 Å². The maximum absolute atomic E-state index is 13.6. The first-order chi connectivity index (χ1) is 9.15. The Bertz CT molecular complexity index is 457. The highest BCUT2D eigenvalue weighted by Gasteiger charge is 2.32. The van der Waals surface area contributed by atoms with E-state index in [1.807, 2.05) is 0 Å². The van der Waals surface area contributed by atoms with Gasteiger partial charge in [0.05, 0.1) is 6.10 Å². The fraction of sp³-hybridized carbons (Fsp3) is 0.571. The van der Waals surface area contributed by atoms with Crippen LogP contribution in [0, 0.1) is 12.7 Å². The summed E-state index contributed by atoms with van der Waals surface area (Å²) in [6, 6.07) is 2.47. The second-order valence-electron chi connectivity index (χ2n) is 4.87. The number of nitrogens with zero attached hydrogens (tertiary/aromatic N) is 1. The summed E-state index contributed by atoms with van der Waals surface area (Å²) in [4.78, 5) is 1.13. The van der Waals surface area contributed by atoms with Crippen molar-refractivity contribution in [3.63, 3.8) is 0 Å². The van der Waals surface area contributed by atoms with Crippen molar-refractivity contribution < 1.29 is 22.7 Å². The van der Waals surface area contributed by atoms with Gasteiger partial charge in [-0.05, 0) is 38.0 Å².